The van der Waals surface area contributed by atoms with Crippen molar-refractivity contribution in [3.05, 3.63) is 0 Å². The van der Waals surface area contributed by atoms with E-state index in [2.05, 4.69) is 0 Å². The zero-order valence-corrected chi connectivity index (χ0v) is 12.0. The predicted octanol–water partition coefficient (Wildman–Crippen LogP) is 2.57. The first-order valence-electron chi connectivity index (χ1n) is 6.76. The van der Waals surface area contributed by atoms with Crippen LogP contribution < -0.4 is 0 Å². The molecule has 0 bridgehead atoms. The van der Waals surface area contributed by atoms with Crippen molar-refractivity contribution < 1.29 is 14.4 Å². The number of carbonyl (C=O) groups excluding carboxylic acids is 2. The molecule has 0 aromatic carbocycles. The highest BCUT2D eigenvalue weighted by atomic mass is 16.7. The zero-order chi connectivity index (χ0) is 13.8. The Morgan fingerprint density at radius 2 is 1.78 bits per heavy atom. The Morgan fingerprint density at radius 1 is 1.22 bits per heavy atom. The molecule has 1 heterocycles. The van der Waals surface area contributed by atoms with Gasteiger partial charge in [-0.2, -0.15) is 0 Å². The van der Waals surface area contributed by atoms with Crippen molar-refractivity contribution >= 4 is 11.8 Å². The summed E-state index contributed by atoms with van der Waals surface area (Å²) in [5.74, 6) is 0.680. The number of nitrogens with zero attached hydrogens (tertiary/aromatic N) is 1. The molecule has 0 saturated carbocycles. The summed E-state index contributed by atoms with van der Waals surface area (Å²) in [7, 11) is 0. The van der Waals surface area contributed by atoms with Gasteiger partial charge in [-0.3, -0.25) is 0 Å². The van der Waals surface area contributed by atoms with Gasteiger partial charge in [0.25, 0.3) is 0 Å². The van der Waals surface area contributed by atoms with Crippen molar-refractivity contribution in [1.82, 2.24) is 5.06 Å². The van der Waals surface area contributed by atoms with Crippen molar-refractivity contribution in [2.75, 3.05) is 13.1 Å². The molecule has 0 amide bonds. The number of carbonyl (C=O) groups is 2. The molecule has 0 atom stereocenters. The molecule has 0 aromatic heterocycles. The van der Waals surface area contributed by atoms with E-state index >= 15 is 0 Å². The third kappa shape index (κ3) is 5.17. The average molecular weight is 255 g/mol. The largest absolute Gasteiger partial charge is 0.367 e. The van der Waals surface area contributed by atoms with Gasteiger partial charge in [-0.15, -0.1) is 5.06 Å². The predicted molar refractivity (Wildman–Crippen MR) is 69.8 cm³/mol. The van der Waals surface area contributed by atoms with Crippen molar-refractivity contribution in [3.63, 3.8) is 0 Å². The van der Waals surface area contributed by atoms with E-state index in [4.69, 9.17) is 4.84 Å². The number of rotatable bonds is 4. The topological polar surface area (TPSA) is 46.6 Å². The summed E-state index contributed by atoms with van der Waals surface area (Å²) in [6.07, 6.45) is 3.65. The summed E-state index contributed by atoms with van der Waals surface area (Å²) in [6, 6.07) is 0. The molecule has 1 rings (SSSR count). The Labute approximate surface area is 110 Å². The standard InChI is InChI=1S/C14H25NO3/c1-11(16)5-6-12-7-9-15(10-8-12)18-13(17)14(2,3)4/h12H,5-10H2,1-4H3. The van der Waals surface area contributed by atoms with E-state index in [0.717, 1.165) is 32.4 Å². The molecule has 0 aromatic rings. The first-order chi connectivity index (χ1) is 8.29. The lowest BCUT2D eigenvalue weighted by atomic mass is 9.92. The lowest BCUT2D eigenvalue weighted by Gasteiger charge is -2.32. The molecule has 4 nitrogen and oxygen atoms in total. The first kappa shape index (κ1) is 15.2. The molecule has 0 spiro atoms. The Balaban J connectivity index is 2.27. The van der Waals surface area contributed by atoms with Crippen LogP contribution in [0.5, 0.6) is 0 Å². The van der Waals surface area contributed by atoms with Crippen LogP contribution in [0.4, 0.5) is 0 Å². The number of hydrogen-bond donors (Lipinski definition) is 0. The van der Waals surface area contributed by atoms with E-state index in [1.165, 1.54) is 0 Å². The molecule has 1 aliphatic rings. The highest BCUT2D eigenvalue weighted by Crippen LogP contribution is 2.24. The molecule has 18 heavy (non-hydrogen) atoms. The van der Waals surface area contributed by atoms with E-state index in [1.807, 2.05) is 20.8 Å². The third-order valence-corrected chi connectivity index (χ3v) is 3.30. The van der Waals surface area contributed by atoms with Gasteiger partial charge in [0.15, 0.2) is 0 Å². The van der Waals surface area contributed by atoms with Crippen LogP contribution in [0.15, 0.2) is 0 Å². The Kier molecular flexibility index (Phi) is 5.32. The molecule has 104 valence electrons. The number of hydrogen-bond acceptors (Lipinski definition) is 4. The fraction of sp³-hybridized carbons (Fsp3) is 0.857. The van der Waals surface area contributed by atoms with Gasteiger partial charge in [0.2, 0.25) is 0 Å². The minimum atomic E-state index is -0.453. The van der Waals surface area contributed by atoms with Gasteiger partial charge < -0.3 is 9.63 Å². The molecule has 4 heteroatoms. The maximum atomic E-state index is 11.7. The second kappa shape index (κ2) is 6.32. The average Bonchev–Trinajstić information content (AvgIpc) is 2.26. The van der Waals surface area contributed by atoms with Crippen LogP contribution in [-0.4, -0.2) is 29.9 Å². The first-order valence-corrected chi connectivity index (χ1v) is 6.76. The fourth-order valence-electron chi connectivity index (χ4n) is 1.95. The third-order valence-electron chi connectivity index (χ3n) is 3.30. The second-order valence-corrected chi connectivity index (χ2v) is 6.24. The molecule has 1 fully saturated rings. The summed E-state index contributed by atoms with van der Waals surface area (Å²) < 4.78 is 0. The molecule has 0 N–H and O–H groups in total. The van der Waals surface area contributed by atoms with Crippen LogP contribution in [0, 0.1) is 11.3 Å². The minimum Gasteiger partial charge on any atom is -0.367 e. The van der Waals surface area contributed by atoms with Crippen LogP contribution >= 0.6 is 0 Å². The van der Waals surface area contributed by atoms with Crippen molar-refractivity contribution in [1.29, 1.82) is 0 Å². The Bertz CT molecular complexity index is 299. The van der Waals surface area contributed by atoms with Crippen LogP contribution in [0.2, 0.25) is 0 Å². The summed E-state index contributed by atoms with van der Waals surface area (Å²) in [5.41, 5.74) is -0.453. The van der Waals surface area contributed by atoms with E-state index in [-0.39, 0.29) is 11.8 Å². The zero-order valence-electron chi connectivity index (χ0n) is 12.0. The maximum Gasteiger partial charge on any atom is 0.330 e. The molecule has 0 unspecified atom stereocenters. The Hall–Kier alpha value is -0.900. The van der Waals surface area contributed by atoms with Gasteiger partial charge in [0.05, 0.1) is 5.41 Å². The van der Waals surface area contributed by atoms with Crippen LogP contribution in [0.3, 0.4) is 0 Å². The number of Topliss-reactive ketones (excluding diaryl/α,β-unsaturated/α-hetero) is 1. The number of piperidine rings is 1. The summed E-state index contributed by atoms with van der Waals surface area (Å²) >= 11 is 0. The molecular formula is C14H25NO3. The van der Waals surface area contributed by atoms with Crippen molar-refractivity contribution in [2.24, 2.45) is 11.3 Å². The van der Waals surface area contributed by atoms with Gasteiger partial charge in [-0.25, -0.2) is 4.79 Å². The molecule has 1 aliphatic heterocycles. The summed E-state index contributed by atoms with van der Waals surface area (Å²) in [6.45, 7) is 8.77. The smallest absolute Gasteiger partial charge is 0.330 e. The SMILES string of the molecule is CC(=O)CCC1CCN(OC(=O)C(C)(C)C)CC1. The lowest BCUT2D eigenvalue weighted by molar-refractivity contribution is -0.206. The number of hydroxylamine groups is 2. The van der Waals surface area contributed by atoms with Crippen LogP contribution in [0.25, 0.3) is 0 Å². The summed E-state index contributed by atoms with van der Waals surface area (Å²) in [5, 5.41) is 1.76. The van der Waals surface area contributed by atoms with Gasteiger partial charge in [-0.05, 0) is 52.9 Å². The van der Waals surface area contributed by atoms with E-state index < -0.39 is 5.41 Å². The van der Waals surface area contributed by atoms with Gasteiger partial charge in [-0.1, -0.05) is 0 Å². The fourth-order valence-corrected chi connectivity index (χ4v) is 1.95. The number of ketones is 1. The lowest BCUT2D eigenvalue weighted by Crippen LogP contribution is -2.38. The van der Waals surface area contributed by atoms with E-state index in [0.29, 0.717) is 12.3 Å². The molecule has 1 saturated heterocycles. The van der Waals surface area contributed by atoms with E-state index in [9.17, 15) is 9.59 Å². The maximum absolute atomic E-state index is 11.7. The highest BCUT2D eigenvalue weighted by molar-refractivity contribution is 5.75. The van der Waals surface area contributed by atoms with E-state index in [1.54, 1.807) is 12.0 Å². The normalized spacial score (nSPS) is 18.7. The summed E-state index contributed by atoms with van der Waals surface area (Å²) in [4.78, 5) is 28.0. The highest BCUT2D eigenvalue weighted by Gasteiger charge is 2.28. The van der Waals surface area contributed by atoms with Crippen molar-refractivity contribution in [3.8, 4) is 0 Å². The van der Waals surface area contributed by atoms with Gasteiger partial charge >= 0.3 is 5.97 Å². The Morgan fingerprint density at radius 3 is 2.22 bits per heavy atom. The van der Waals surface area contributed by atoms with Gasteiger partial charge in [0, 0.05) is 19.5 Å². The monoisotopic (exact) mass is 255 g/mol. The second-order valence-electron chi connectivity index (χ2n) is 6.24. The van der Waals surface area contributed by atoms with Crippen LogP contribution in [-0.2, 0) is 14.4 Å². The van der Waals surface area contributed by atoms with Crippen molar-refractivity contribution in [2.45, 2.75) is 53.4 Å². The minimum absolute atomic E-state index is 0.176. The van der Waals surface area contributed by atoms with Crippen LogP contribution in [0.1, 0.15) is 53.4 Å². The quantitative estimate of drug-likeness (QED) is 0.774. The molecule has 0 aliphatic carbocycles. The molecule has 0 radical (unpaired) electrons. The van der Waals surface area contributed by atoms with Gasteiger partial charge in [0.1, 0.15) is 5.78 Å². The molecular weight excluding hydrogens is 230 g/mol.